The number of nitrogens with one attached hydrogen (secondary N) is 3. The zero-order valence-electron chi connectivity index (χ0n) is 18.4. The number of hydrogen-bond acceptors (Lipinski definition) is 7. The second kappa shape index (κ2) is 17.2. The van der Waals surface area contributed by atoms with Gasteiger partial charge in [-0.1, -0.05) is 49.1 Å². The summed E-state index contributed by atoms with van der Waals surface area (Å²) in [5, 5.41) is 20.8. The van der Waals surface area contributed by atoms with Crippen molar-refractivity contribution in [3.05, 3.63) is 35.4 Å². The van der Waals surface area contributed by atoms with E-state index in [1.807, 2.05) is 12.1 Å². The predicted octanol–water partition coefficient (Wildman–Crippen LogP) is 1.13. The molecule has 10 nitrogen and oxygen atoms in total. The van der Waals surface area contributed by atoms with Crippen LogP contribution in [-0.2, 0) is 22.6 Å². The SMILES string of the molecule is NC(N)=NCc1ccccc1CCCCCCNCCSN[C@H](CCC(=O)O)C(=O)NO. The largest absolute Gasteiger partial charge is 0.481 e. The van der Waals surface area contributed by atoms with Crippen molar-refractivity contribution in [3.63, 3.8) is 0 Å². The van der Waals surface area contributed by atoms with E-state index in [0.717, 1.165) is 56.5 Å². The van der Waals surface area contributed by atoms with E-state index in [0.29, 0.717) is 6.54 Å². The molecular weight excluding hydrogens is 432 g/mol. The maximum atomic E-state index is 11.5. The van der Waals surface area contributed by atoms with Gasteiger partial charge in [0.25, 0.3) is 5.91 Å². The number of amides is 1. The monoisotopic (exact) mass is 468 g/mol. The lowest BCUT2D eigenvalue weighted by Gasteiger charge is -2.15. The van der Waals surface area contributed by atoms with E-state index < -0.39 is 17.9 Å². The van der Waals surface area contributed by atoms with Crippen LogP contribution in [-0.4, -0.2) is 53.0 Å². The van der Waals surface area contributed by atoms with Gasteiger partial charge in [0.15, 0.2) is 5.96 Å². The number of guanidine groups is 1. The highest BCUT2D eigenvalue weighted by molar-refractivity contribution is 7.97. The summed E-state index contributed by atoms with van der Waals surface area (Å²) < 4.78 is 2.90. The molecule has 0 aliphatic rings. The first-order chi connectivity index (χ1) is 15.4. The minimum atomic E-state index is -0.982. The van der Waals surface area contributed by atoms with Gasteiger partial charge in [0.1, 0.15) is 0 Å². The summed E-state index contributed by atoms with van der Waals surface area (Å²) in [6.07, 6.45) is 5.47. The van der Waals surface area contributed by atoms with Crippen molar-refractivity contribution in [2.75, 3.05) is 18.8 Å². The molecule has 0 unspecified atom stereocenters. The third kappa shape index (κ3) is 13.2. The van der Waals surface area contributed by atoms with Crippen LogP contribution in [0.15, 0.2) is 29.3 Å². The number of hydroxylamine groups is 1. The Bertz CT molecular complexity index is 715. The number of carboxylic acid groups (broad SMARTS) is 1. The standard InChI is InChI=1S/C21H36N6O4S/c22-21(23)25-15-17-9-5-4-8-16(17)7-3-1-2-6-12-24-13-14-32-27-18(20(30)26-31)10-11-19(28)29/h4-5,8-9,18,24,27,31H,1-3,6-7,10-15H2,(H,26,30)(H,28,29)(H4,22,23,25)/t18-/m1/s1. The van der Waals surface area contributed by atoms with Gasteiger partial charge in [0.05, 0.1) is 12.6 Å². The van der Waals surface area contributed by atoms with Crippen LogP contribution >= 0.6 is 11.9 Å². The average Bonchev–Trinajstić information content (AvgIpc) is 2.77. The highest BCUT2D eigenvalue weighted by atomic mass is 32.2. The summed E-state index contributed by atoms with van der Waals surface area (Å²) in [6.45, 7) is 2.20. The zero-order chi connectivity index (χ0) is 23.6. The summed E-state index contributed by atoms with van der Waals surface area (Å²) in [7, 11) is 0. The Balaban J connectivity index is 2.08. The fourth-order valence-electron chi connectivity index (χ4n) is 3.05. The van der Waals surface area contributed by atoms with Crippen LogP contribution in [0.4, 0.5) is 0 Å². The molecule has 0 fully saturated rings. The number of aryl methyl sites for hydroxylation is 1. The number of benzene rings is 1. The lowest BCUT2D eigenvalue weighted by atomic mass is 10.0. The second-order valence-corrected chi connectivity index (χ2v) is 8.28. The van der Waals surface area contributed by atoms with Gasteiger partial charge in [0, 0.05) is 18.7 Å². The van der Waals surface area contributed by atoms with E-state index in [-0.39, 0.29) is 18.8 Å². The zero-order valence-corrected chi connectivity index (χ0v) is 19.2. The van der Waals surface area contributed by atoms with Crippen LogP contribution in [0.3, 0.4) is 0 Å². The summed E-state index contributed by atoms with van der Waals surface area (Å²) in [5.41, 5.74) is 14.9. The number of carbonyl (C=O) groups excluding carboxylic acids is 1. The molecule has 1 aromatic carbocycles. The molecule has 0 saturated carbocycles. The summed E-state index contributed by atoms with van der Waals surface area (Å²) >= 11 is 1.33. The third-order valence-electron chi connectivity index (χ3n) is 4.78. The van der Waals surface area contributed by atoms with Crippen molar-refractivity contribution in [3.8, 4) is 0 Å². The van der Waals surface area contributed by atoms with Gasteiger partial charge < -0.3 is 21.9 Å². The topological polar surface area (TPSA) is 175 Å². The van der Waals surface area contributed by atoms with E-state index in [4.69, 9.17) is 21.8 Å². The van der Waals surface area contributed by atoms with Crippen LogP contribution < -0.4 is 27.0 Å². The Labute approximate surface area is 193 Å². The fourth-order valence-corrected chi connectivity index (χ4v) is 3.84. The normalized spacial score (nSPS) is 11.7. The molecule has 0 saturated heterocycles. The fraction of sp³-hybridized carbons (Fsp3) is 0.571. The molecule has 9 N–H and O–H groups in total. The maximum absolute atomic E-state index is 11.5. The number of aliphatic carboxylic acids is 1. The molecule has 0 aromatic heterocycles. The van der Waals surface area contributed by atoms with Crippen molar-refractivity contribution < 1.29 is 19.9 Å². The number of hydrogen-bond donors (Lipinski definition) is 7. The molecular formula is C21H36N6O4S. The van der Waals surface area contributed by atoms with Crippen LogP contribution in [0.25, 0.3) is 0 Å². The van der Waals surface area contributed by atoms with Gasteiger partial charge in [-0.15, -0.1) is 0 Å². The van der Waals surface area contributed by atoms with E-state index in [9.17, 15) is 9.59 Å². The Hall–Kier alpha value is -2.34. The molecule has 0 bridgehead atoms. The van der Waals surface area contributed by atoms with E-state index in [2.05, 4.69) is 27.2 Å². The Morgan fingerprint density at radius 2 is 1.78 bits per heavy atom. The first kappa shape index (κ1) is 27.7. The molecule has 1 atom stereocenters. The van der Waals surface area contributed by atoms with Crippen LogP contribution in [0.2, 0.25) is 0 Å². The molecule has 0 radical (unpaired) electrons. The molecule has 1 amide bonds. The number of carboxylic acids is 1. The summed E-state index contributed by atoms with van der Waals surface area (Å²) in [6, 6.07) is 7.48. The minimum Gasteiger partial charge on any atom is -0.481 e. The van der Waals surface area contributed by atoms with Gasteiger partial charge in [0.2, 0.25) is 0 Å². The van der Waals surface area contributed by atoms with Gasteiger partial charge in [-0.25, -0.2) is 10.5 Å². The molecule has 180 valence electrons. The highest BCUT2D eigenvalue weighted by Gasteiger charge is 2.18. The van der Waals surface area contributed by atoms with Crippen molar-refractivity contribution in [2.24, 2.45) is 16.5 Å². The minimum absolute atomic E-state index is 0.107. The highest BCUT2D eigenvalue weighted by Crippen LogP contribution is 2.14. The molecule has 11 heteroatoms. The number of aliphatic imine (C=N–C) groups is 1. The molecule has 1 rings (SSSR count). The quantitative estimate of drug-likeness (QED) is 0.0416. The lowest BCUT2D eigenvalue weighted by Crippen LogP contribution is -2.41. The first-order valence-electron chi connectivity index (χ1n) is 10.8. The number of unbranched alkanes of at least 4 members (excludes halogenated alkanes) is 3. The smallest absolute Gasteiger partial charge is 0.303 e. The van der Waals surface area contributed by atoms with E-state index in [1.165, 1.54) is 17.5 Å². The van der Waals surface area contributed by atoms with E-state index >= 15 is 0 Å². The summed E-state index contributed by atoms with van der Waals surface area (Å²) in [5.74, 6) is -0.792. The van der Waals surface area contributed by atoms with Gasteiger partial charge in [-0.05, 0) is 43.4 Å². The average molecular weight is 469 g/mol. The predicted molar refractivity (Wildman–Crippen MR) is 127 cm³/mol. The maximum Gasteiger partial charge on any atom is 0.303 e. The van der Waals surface area contributed by atoms with Crippen LogP contribution in [0.5, 0.6) is 0 Å². The number of carbonyl (C=O) groups is 2. The number of rotatable bonds is 18. The first-order valence-corrected chi connectivity index (χ1v) is 11.8. The van der Waals surface area contributed by atoms with Crippen molar-refractivity contribution in [1.82, 2.24) is 15.5 Å². The van der Waals surface area contributed by atoms with Crippen molar-refractivity contribution >= 4 is 29.8 Å². The Kier molecular flexibility index (Phi) is 14.9. The summed E-state index contributed by atoms with van der Waals surface area (Å²) in [4.78, 5) is 26.3. The lowest BCUT2D eigenvalue weighted by molar-refractivity contribution is -0.137. The molecule has 0 aliphatic heterocycles. The van der Waals surface area contributed by atoms with Crippen LogP contribution in [0, 0.1) is 0 Å². The third-order valence-corrected chi connectivity index (χ3v) is 5.64. The Morgan fingerprint density at radius 3 is 2.47 bits per heavy atom. The molecule has 32 heavy (non-hydrogen) atoms. The number of nitrogens with two attached hydrogens (primary N) is 2. The van der Waals surface area contributed by atoms with Gasteiger partial charge in [-0.3, -0.25) is 19.5 Å². The Morgan fingerprint density at radius 1 is 1.06 bits per heavy atom. The van der Waals surface area contributed by atoms with Crippen LogP contribution in [0.1, 0.15) is 49.7 Å². The molecule has 0 aliphatic carbocycles. The van der Waals surface area contributed by atoms with Gasteiger partial charge >= 0.3 is 5.97 Å². The van der Waals surface area contributed by atoms with Crippen molar-refractivity contribution in [1.29, 1.82) is 0 Å². The molecule has 0 heterocycles. The van der Waals surface area contributed by atoms with Gasteiger partial charge in [-0.2, -0.15) is 0 Å². The van der Waals surface area contributed by atoms with Crippen molar-refractivity contribution in [2.45, 2.75) is 57.5 Å². The second-order valence-electron chi connectivity index (χ2n) is 7.35. The molecule has 1 aromatic rings. The molecule has 0 spiro atoms. The number of nitrogens with zero attached hydrogens (tertiary/aromatic N) is 1. The van der Waals surface area contributed by atoms with E-state index in [1.54, 1.807) is 5.48 Å².